The number of aromatic nitrogens is 3. The Bertz CT molecular complexity index is 1170. The molecule has 9 heteroatoms. The van der Waals surface area contributed by atoms with E-state index in [0.29, 0.717) is 23.1 Å². The van der Waals surface area contributed by atoms with Crippen LogP contribution in [0.2, 0.25) is 5.02 Å². The van der Waals surface area contributed by atoms with Gasteiger partial charge in [0.1, 0.15) is 0 Å². The highest BCUT2D eigenvalue weighted by Crippen LogP contribution is 2.39. The van der Waals surface area contributed by atoms with Crippen LogP contribution in [0.1, 0.15) is 44.9 Å². The fraction of sp³-hybridized carbons (Fsp3) is 0.458. The van der Waals surface area contributed by atoms with Gasteiger partial charge in [-0.15, -0.1) is 0 Å². The van der Waals surface area contributed by atoms with Crippen molar-refractivity contribution in [2.75, 3.05) is 5.32 Å². The Kier molecular flexibility index (Phi) is 5.95. The predicted octanol–water partition coefficient (Wildman–Crippen LogP) is 5.55. The molecule has 0 saturated heterocycles. The van der Waals surface area contributed by atoms with Gasteiger partial charge in [0.25, 0.3) is 0 Å². The summed E-state index contributed by atoms with van der Waals surface area (Å²) >= 11 is 6.43. The van der Waals surface area contributed by atoms with E-state index in [1.807, 2.05) is 30.5 Å². The monoisotopic (exact) mass is 473 g/mol. The summed E-state index contributed by atoms with van der Waals surface area (Å²) in [6.07, 6.45) is 6.57. The van der Waals surface area contributed by atoms with E-state index in [9.17, 15) is 13.6 Å². The van der Waals surface area contributed by atoms with E-state index < -0.39 is 11.8 Å². The fourth-order valence-corrected chi connectivity index (χ4v) is 5.21. The van der Waals surface area contributed by atoms with Crippen LogP contribution in [-0.4, -0.2) is 38.9 Å². The largest absolute Gasteiger partial charge is 0.360 e. The van der Waals surface area contributed by atoms with Crippen molar-refractivity contribution < 1.29 is 13.6 Å². The molecule has 2 aromatic heterocycles. The lowest BCUT2D eigenvalue weighted by molar-refractivity contribution is -0.126. The number of H-pyrrole nitrogens is 1. The van der Waals surface area contributed by atoms with E-state index in [1.54, 1.807) is 6.20 Å². The van der Waals surface area contributed by atoms with Gasteiger partial charge in [-0.05, 0) is 38.2 Å². The van der Waals surface area contributed by atoms with Crippen LogP contribution in [0.25, 0.3) is 22.2 Å². The zero-order valence-corrected chi connectivity index (χ0v) is 18.8. The first-order chi connectivity index (χ1) is 15.9. The second kappa shape index (κ2) is 8.89. The number of aromatic amines is 1. The summed E-state index contributed by atoms with van der Waals surface area (Å²) in [7, 11) is 0. The van der Waals surface area contributed by atoms with Crippen LogP contribution in [0.5, 0.6) is 0 Å². The lowest BCUT2D eigenvalue weighted by atomic mass is 9.90. The first-order valence-electron chi connectivity index (χ1n) is 11.4. The maximum absolute atomic E-state index is 13.5. The Morgan fingerprint density at radius 2 is 2.00 bits per heavy atom. The minimum absolute atomic E-state index is 0.0432. The van der Waals surface area contributed by atoms with Gasteiger partial charge in [-0.25, -0.2) is 18.7 Å². The molecule has 0 aliphatic heterocycles. The molecule has 2 aliphatic rings. The molecule has 0 unspecified atom stereocenters. The Balaban J connectivity index is 1.26. The number of hydrogen-bond donors (Lipinski definition) is 3. The molecule has 0 bridgehead atoms. The molecule has 0 radical (unpaired) electrons. The Labute approximate surface area is 195 Å². The van der Waals surface area contributed by atoms with Crippen molar-refractivity contribution in [3.8, 4) is 11.3 Å². The molecule has 0 spiro atoms. The molecule has 2 heterocycles. The van der Waals surface area contributed by atoms with Crippen molar-refractivity contribution in [3.05, 3.63) is 41.7 Å². The summed E-state index contributed by atoms with van der Waals surface area (Å²) in [4.78, 5) is 24.8. The van der Waals surface area contributed by atoms with Crippen molar-refractivity contribution >= 4 is 34.4 Å². The van der Waals surface area contributed by atoms with Gasteiger partial charge >= 0.3 is 0 Å². The third kappa shape index (κ3) is 4.81. The van der Waals surface area contributed by atoms with Crippen LogP contribution < -0.4 is 10.6 Å². The van der Waals surface area contributed by atoms with Crippen molar-refractivity contribution in [2.24, 2.45) is 5.92 Å². The normalized spacial score (nSPS) is 24.6. The minimum Gasteiger partial charge on any atom is -0.360 e. The number of benzene rings is 1. The van der Waals surface area contributed by atoms with Crippen LogP contribution in [0.3, 0.4) is 0 Å². The van der Waals surface area contributed by atoms with E-state index in [-0.39, 0.29) is 37.3 Å². The van der Waals surface area contributed by atoms with Gasteiger partial charge in [0.05, 0.1) is 16.9 Å². The highest BCUT2D eigenvalue weighted by molar-refractivity contribution is 6.33. The number of alkyl halides is 2. The number of rotatable bonds is 5. The topological polar surface area (TPSA) is 82.7 Å². The molecule has 1 aromatic carbocycles. The van der Waals surface area contributed by atoms with Gasteiger partial charge in [0, 0.05) is 53.5 Å². The second-order valence-electron chi connectivity index (χ2n) is 9.15. The van der Waals surface area contributed by atoms with E-state index in [1.165, 1.54) is 0 Å². The standard InChI is InChI=1S/C24H26ClF2N5O/c25-19-13-29-23(32-21(19)18-12-28-20-7-2-1-6-17(18)20)31-16-5-3-4-15(10-16)30-22(33)14-8-9-24(26,27)11-14/h1-2,6-7,12-16,28H,3-5,8-11H2,(H,30,33)(H,29,31,32)/t14-,15+,16-/m1/s1. The Hall–Kier alpha value is -2.74. The van der Waals surface area contributed by atoms with E-state index >= 15 is 0 Å². The molecule has 33 heavy (non-hydrogen) atoms. The number of hydrogen-bond acceptors (Lipinski definition) is 4. The zero-order chi connectivity index (χ0) is 23.0. The molecule has 174 valence electrons. The molecule has 3 N–H and O–H groups in total. The van der Waals surface area contributed by atoms with Crippen molar-refractivity contribution in [2.45, 2.75) is 63.0 Å². The van der Waals surface area contributed by atoms with Crippen LogP contribution in [0.4, 0.5) is 14.7 Å². The number of para-hydroxylation sites is 1. The second-order valence-corrected chi connectivity index (χ2v) is 9.55. The number of carbonyl (C=O) groups excluding carboxylic acids is 1. The van der Waals surface area contributed by atoms with Gasteiger partial charge in [-0.2, -0.15) is 0 Å². The van der Waals surface area contributed by atoms with Crippen LogP contribution in [0.15, 0.2) is 36.7 Å². The van der Waals surface area contributed by atoms with E-state index in [4.69, 9.17) is 11.6 Å². The molecular formula is C24H26ClF2N5O. The van der Waals surface area contributed by atoms with Crippen LogP contribution in [0, 0.1) is 5.92 Å². The Morgan fingerprint density at radius 3 is 2.82 bits per heavy atom. The number of nitrogens with zero attached hydrogens (tertiary/aromatic N) is 2. The Morgan fingerprint density at radius 1 is 1.18 bits per heavy atom. The molecular weight excluding hydrogens is 448 g/mol. The van der Waals surface area contributed by atoms with E-state index in [0.717, 1.165) is 35.7 Å². The van der Waals surface area contributed by atoms with Gasteiger partial charge in [0.15, 0.2) is 0 Å². The SMILES string of the molecule is O=C(N[C@H]1CCC[C@@H](Nc2ncc(Cl)c(-c3c[nH]c4ccccc34)n2)C1)[C@@H]1CCC(F)(F)C1. The number of anilines is 1. The number of carbonyl (C=O) groups is 1. The minimum atomic E-state index is -2.72. The van der Waals surface area contributed by atoms with Crippen molar-refractivity contribution in [1.29, 1.82) is 0 Å². The number of amides is 1. The van der Waals surface area contributed by atoms with Crippen molar-refractivity contribution in [1.82, 2.24) is 20.3 Å². The average molecular weight is 474 g/mol. The number of nitrogens with one attached hydrogen (secondary N) is 3. The molecule has 2 aliphatic carbocycles. The third-order valence-electron chi connectivity index (χ3n) is 6.72. The maximum atomic E-state index is 13.5. The predicted molar refractivity (Wildman–Crippen MR) is 124 cm³/mol. The summed E-state index contributed by atoms with van der Waals surface area (Å²) in [5.74, 6) is -3.08. The molecule has 1 amide bonds. The van der Waals surface area contributed by atoms with Gasteiger partial charge in [-0.1, -0.05) is 29.8 Å². The highest BCUT2D eigenvalue weighted by atomic mass is 35.5. The molecule has 2 fully saturated rings. The first kappa shape index (κ1) is 22.1. The summed E-state index contributed by atoms with van der Waals surface area (Å²) in [5, 5.41) is 7.88. The molecule has 2 saturated carbocycles. The van der Waals surface area contributed by atoms with Crippen molar-refractivity contribution in [3.63, 3.8) is 0 Å². The first-order valence-corrected chi connectivity index (χ1v) is 11.8. The summed E-state index contributed by atoms with van der Waals surface area (Å²) in [6.45, 7) is 0. The van der Waals surface area contributed by atoms with E-state index in [2.05, 4.69) is 25.6 Å². The quantitative estimate of drug-likeness (QED) is 0.453. The van der Waals surface area contributed by atoms with Crippen LogP contribution in [-0.2, 0) is 4.79 Å². The maximum Gasteiger partial charge on any atom is 0.248 e. The number of fused-ring (bicyclic) bond motifs is 1. The van der Waals surface area contributed by atoms with Crippen LogP contribution >= 0.6 is 11.6 Å². The van der Waals surface area contributed by atoms with Gasteiger partial charge in [0.2, 0.25) is 17.8 Å². The summed E-state index contributed by atoms with van der Waals surface area (Å²) < 4.78 is 26.9. The molecule has 3 atom stereocenters. The molecule has 6 nitrogen and oxygen atoms in total. The zero-order valence-electron chi connectivity index (χ0n) is 18.1. The van der Waals surface area contributed by atoms with Gasteiger partial charge < -0.3 is 15.6 Å². The highest BCUT2D eigenvalue weighted by Gasteiger charge is 2.43. The summed E-state index contributed by atoms with van der Waals surface area (Å²) in [6, 6.07) is 7.98. The molecule has 3 aromatic rings. The third-order valence-corrected chi connectivity index (χ3v) is 6.99. The molecule has 5 rings (SSSR count). The lowest BCUT2D eigenvalue weighted by Crippen LogP contribution is -2.44. The fourth-order valence-electron chi connectivity index (χ4n) is 5.02. The van der Waals surface area contributed by atoms with Gasteiger partial charge in [-0.3, -0.25) is 4.79 Å². The lowest BCUT2D eigenvalue weighted by Gasteiger charge is -2.31. The average Bonchev–Trinajstić information content (AvgIpc) is 3.38. The number of halogens is 3. The smallest absolute Gasteiger partial charge is 0.248 e. The summed E-state index contributed by atoms with van der Waals surface area (Å²) in [5.41, 5.74) is 2.56.